The van der Waals surface area contributed by atoms with Crippen molar-refractivity contribution in [2.45, 2.75) is 66.7 Å². The molecule has 0 spiro atoms. The van der Waals surface area contributed by atoms with E-state index >= 15 is 0 Å². The topological polar surface area (TPSA) is 46.5 Å². The van der Waals surface area contributed by atoms with Gasteiger partial charge in [0.2, 0.25) is 0 Å². The van der Waals surface area contributed by atoms with Gasteiger partial charge in [-0.05, 0) is 46.4 Å². The fourth-order valence-electron chi connectivity index (χ4n) is 3.53. The van der Waals surface area contributed by atoms with E-state index in [2.05, 4.69) is 48.1 Å². The second-order valence-corrected chi connectivity index (χ2v) is 10.0. The summed E-state index contributed by atoms with van der Waals surface area (Å²) in [5.41, 5.74) is 4.58. The molecule has 0 radical (unpaired) electrons. The highest BCUT2D eigenvalue weighted by molar-refractivity contribution is 5.84. The summed E-state index contributed by atoms with van der Waals surface area (Å²) >= 11 is 0. The molecule has 0 aliphatic carbocycles. The summed E-state index contributed by atoms with van der Waals surface area (Å²) < 4.78 is 5.67. The van der Waals surface area contributed by atoms with Gasteiger partial charge in [0.15, 0.2) is 0 Å². The summed E-state index contributed by atoms with van der Waals surface area (Å²) in [6.45, 7) is 18.3. The Bertz CT molecular complexity index is 909. The Hall–Kier alpha value is -2.55. The number of aromatic hydroxyl groups is 1. The molecule has 2 rings (SSSR count). The van der Waals surface area contributed by atoms with Crippen molar-refractivity contribution in [3.8, 4) is 11.5 Å². The van der Waals surface area contributed by atoms with Gasteiger partial charge in [0, 0.05) is 12.5 Å². The number of esters is 1. The second-order valence-electron chi connectivity index (χ2n) is 10.0. The van der Waals surface area contributed by atoms with E-state index in [1.165, 1.54) is 6.08 Å². The first kappa shape index (κ1) is 22.7. The minimum atomic E-state index is -0.476. The van der Waals surface area contributed by atoms with Crippen LogP contribution in [0.15, 0.2) is 43.0 Å². The Morgan fingerprint density at radius 1 is 1.07 bits per heavy atom. The molecule has 0 amide bonds. The van der Waals surface area contributed by atoms with E-state index in [-0.39, 0.29) is 10.8 Å². The van der Waals surface area contributed by atoms with Gasteiger partial charge >= 0.3 is 5.97 Å². The van der Waals surface area contributed by atoms with Crippen LogP contribution in [0.25, 0.3) is 0 Å². The Labute approximate surface area is 175 Å². The van der Waals surface area contributed by atoms with Gasteiger partial charge in [-0.2, -0.15) is 0 Å². The second kappa shape index (κ2) is 8.44. The van der Waals surface area contributed by atoms with Gasteiger partial charge < -0.3 is 9.84 Å². The molecule has 0 saturated heterocycles. The normalized spacial score (nSPS) is 12.0. The molecule has 29 heavy (non-hydrogen) atoms. The first-order chi connectivity index (χ1) is 13.3. The first-order valence-electron chi connectivity index (χ1n) is 10.1. The summed E-state index contributed by atoms with van der Waals surface area (Å²) in [5.74, 6) is 0.410. The summed E-state index contributed by atoms with van der Waals surface area (Å²) in [4.78, 5) is 12.0. The van der Waals surface area contributed by atoms with Crippen molar-refractivity contribution in [1.82, 2.24) is 0 Å². The minimum Gasteiger partial charge on any atom is -0.507 e. The van der Waals surface area contributed by atoms with E-state index in [0.717, 1.165) is 34.2 Å². The molecule has 1 N–H and O–H groups in total. The summed E-state index contributed by atoms with van der Waals surface area (Å²) in [6.07, 6.45) is 2.43. The Kier molecular flexibility index (Phi) is 6.62. The SMILES string of the molecule is C=CC(=O)Oc1c(Cc2cc(C)cc(C(C)(C)C)c2O)cccc1CC(C)(C)C. The molecule has 0 unspecified atom stereocenters. The zero-order valence-electron chi connectivity index (χ0n) is 18.8. The van der Waals surface area contributed by atoms with Crippen LogP contribution in [0.4, 0.5) is 0 Å². The van der Waals surface area contributed by atoms with Crippen LogP contribution in [-0.2, 0) is 23.1 Å². The van der Waals surface area contributed by atoms with Gasteiger partial charge in [0.1, 0.15) is 11.5 Å². The van der Waals surface area contributed by atoms with E-state index in [9.17, 15) is 9.90 Å². The highest BCUT2D eigenvalue weighted by atomic mass is 16.5. The number of phenolic OH excluding ortho intramolecular Hbond substituents is 1. The molecule has 2 aromatic rings. The van der Waals surface area contributed by atoms with Crippen molar-refractivity contribution < 1.29 is 14.6 Å². The summed E-state index contributed by atoms with van der Waals surface area (Å²) in [7, 11) is 0. The molecule has 0 atom stereocenters. The van der Waals surface area contributed by atoms with Gasteiger partial charge in [-0.15, -0.1) is 0 Å². The summed E-state index contributed by atoms with van der Waals surface area (Å²) in [5, 5.41) is 11.0. The lowest BCUT2D eigenvalue weighted by atomic mass is 9.83. The predicted molar refractivity (Wildman–Crippen MR) is 120 cm³/mol. The van der Waals surface area contributed by atoms with Crippen LogP contribution in [0.5, 0.6) is 11.5 Å². The number of benzene rings is 2. The monoisotopic (exact) mass is 394 g/mol. The predicted octanol–water partition coefficient (Wildman–Crippen LogP) is 6.27. The third-order valence-corrected chi connectivity index (χ3v) is 4.79. The lowest BCUT2D eigenvalue weighted by Gasteiger charge is -2.24. The lowest BCUT2D eigenvalue weighted by molar-refractivity contribution is -0.129. The number of aryl methyl sites for hydroxylation is 1. The number of ether oxygens (including phenoxy) is 1. The molecule has 0 aliphatic heterocycles. The Balaban J connectivity index is 2.58. The summed E-state index contributed by atoms with van der Waals surface area (Å²) in [6, 6.07) is 9.97. The maximum Gasteiger partial charge on any atom is 0.335 e. The highest BCUT2D eigenvalue weighted by Gasteiger charge is 2.23. The number of hydrogen-bond acceptors (Lipinski definition) is 3. The van der Waals surface area contributed by atoms with Crippen LogP contribution in [0.1, 0.15) is 69.4 Å². The van der Waals surface area contributed by atoms with Crippen molar-refractivity contribution >= 4 is 5.97 Å². The molecular formula is C26H34O3. The van der Waals surface area contributed by atoms with Crippen molar-refractivity contribution in [3.05, 3.63) is 70.8 Å². The smallest absolute Gasteiger partial charge is 0.335 e. The molecule has 0 aliphatic rings. The molecule has 156 valence electrons. The van der Waals surface area contributed by atoms with Gasteiger partial charge in [-0.25, -0.2) is 4.79 Å². The van der Waals surface area contributed by atoms with Gasteiger partial charge in [0.25, 0.3) is 0 Å². The van der Waals surface area contributed by atoms with Gasteiger partial charge in [0.05, 0.1) is 0 Å². The van der Waals surface area contributed by atoms with Gasteiger partial charge in [-0.1, -0.05) is 84.0 Å². The minimum absolute atomic E-state index is 0.0405. The van der Waals surface area contributed by atoms with Crippen LogP contribution in [0.2, 0.25) is 0 Å². The van der Waals surface area contributed by atoms with E-state index in [1.54, 1.807) is 0 Å². The maximum absolute atomic E-state index is 12.0. The fourth-order valence-corrected chi connectivity index (χ4v) is 3.53. The maximum atomic E-state index is 12.0. The van der Waals surface area contributed by atoms with E-state index in [0.29, 0.717) is 17.9 Å². The van der Waals surface area contributed by atoms with Crippen LogP contribution in [0, 0.1) is 12.3 Å². The zero-order chi connectivity index (χ0) is 22.0. The van der Waals surface area contributed by atoms with E-state index in [4.69, 9.17) is 4.74 Å². The quantitative estimate of drug-likeness (QED) is 0.369. The van der Waals surface area contributed by atoms with Crippen LogP contribution in [0.3, 0.4) is 0 Å². The molecule has 0 aromatic heterocycles. The molecule has 2 aromatic carbocycles. The molecule has 0 saturated carbocycles. The molecule has 0 bridgehead atoms. The van der Waals surface area contributed by atoms with Crippen molar-refractivity contribution in [2.75, 3.05) is 0 Å². The van der Waals surface area contributed by atoms with E-state index < -0.39 is 5.97 Å². The van der Waals surface area contributed by atoms with Crippen molar-refractivity contribution in [3.63, 3.8) is 0 Å². The standard InChI is InChI=1S/C26H34O3/c1-9-22(27)29-24-18(11-10-12-19(24)16-25(3,4)5)15-20-13-17(2)14-21(23(20)28)26(6,7)8/h9-14,28H,1,15-16H2,2-8H3. The zero-order valence-corrected chi connectivity index (χ0v) is 18.8. The Morgan fingerprint density at radius 3 is 2.24 bits per heavy atom. The molecule has 0 fully saturated rings. The molecule has 0 heterocycles. The first-order valence-corrected chi connectivity index (χ1v) is 10.1. The highest BCUT2D eigenvalue weighted by Crippen LogP contribution is 2.38. The number of para-hydroxylation sites is 1. The Morgan fingerprint density at radius 2 is 1.69 bits per heavy atom. The number of hydrogen-bond donors (Lipinski definition) is 1. The number of carbonyl (C=O) groups is 1. The molecular weight excluding hydrogens is 360 g/mol. The number of phenols is 1. The van der Waals surface area contributed by atoms with Crippen LogP contribution < -0.4 is 4.74 Å². The number of rotatable bonds is 5. The lowest BCUT2D eigenvalue weighted by Crippen LogP contribution is -2.14. The molecule has 3 nitrogen and oxygen atoms in total. The largest absolute Gasteiger partial charge is 0.507 e. The number of carbonyl (C=O) groups excluding carboxylic acids is 1. The third kappa shape index (κ3) is 5.96. The van der Waals surface area contributed by atoms with Gasteiger partial charge in [-0.3, -0.25) is 0 Å². The van der Waals surface area contributed by atoms with Crippen molar-refractivity contribution in [1.29, 1.82) is 0 Å². The molecule has 3 heteroatoms. The van der Waals surface area contributed by atoms with Crippen molar-refractivity contribution in [2.24, 2.45) is 5.41 Å². The average Bonchev–Trinajstić information content (AvgIpc) is 2.58. The third-order valence-electron chi connectivity index (χ3n) is 4.79. The van der Waals surface area contributed by atoms with Crippen LogP contribution in [-0.4, -0.2) is 11.1 Å². The van der Waals surface area contributed by atoms with E-state index in [1.807, 2.05) is 37.3 Å². The van der Waals surface area contributed by atoms with Crippen LogP contribution >= 0.6 is 0 Å². The average molecular weight is 395 g/mol. The fraction of sp³-hybridized carbons (Fsp3) is 0.423.